The van der Waals surface area contributed by atoms with Crippen LogP contribution in [0.2, 0.25) is 0 Å². The molecule has 0 heterocycles. The molecule has 0 saturated carbocycles. The van der Waals surface area contributed by atoms with Gasteiger partial charge < -0.3 is 5.73 Å². The van der Waals surface area contributed by atoms with Crippen molar-refractivity contribution in [2.45, 2.75) is 64.0 Å². The van der Waals surface area contributed by atoms with Gasteiger partial charge in [0.2, 0.25) is 0 Å². The summed E-state index contributed by atoms with van der Waals surface area (Å²) >= 11 is 0. The van der Waals surface area contributed by atoms with E-state index in [2.05, 4.69) is 169 Å². The number of rotatable bonds is 5. The Labute approximate surface area is 301 Å². The van der Waals surface area contributed by atoms with E-state index in [1.807, 2.05) is 6.21 Å². The van der Waals surface area contributed by atoms with Crippen molar-refractivity contribution in [3.8, 4) is 33.4 Å². The Morgan fingerprint density at radius 2 is 0.922 bits per heavy atom. The van der Waals surface area contributed by atoms with Gasteiger partial charge >= 0.3 is 0 Å². The molecule has 0 spiro atoms. The average molecular weight is 662 g/mol. The SMILES string of the molecule is CC1(C)c2ccccc2-c2ccc(C=NC(N=C(N)c3ccc4c(c3)C(C)(C)c3ccccc3-4)c3ccc4c(c3)C(C)(C)c3ccccc3-4)cc21. The minimum atomic E-state index is -0.522. The van der Waals surface area contributed by atoms with Crippen LogP contribution in [0.3, 0.4) is 0 Å². The fourth-order valence-corrected chi connectivity index (χ4v) is 9.11. The maximum Gasteiger partial charge on any atom is 0.167 e. The van der Waals surface area contributed by atoms with Crippen molar-refractivity contribution < 1.29 is 0 Å². The Kier molecular flexibility index (Phi) is 6.77. The third kappa shape index (κ3) is 4.64. The highest BCUT2D eigenvalue weighted by atomic mass is 15.0. The van der Waals surface area contributed by atoms with Crippen molar-refractivity contribution in [2.75, 3.05) is 0 Å². The van der Waals surface area contributed by atoms with Crippen LogP contribution in [0.15, 0.2) is 137 Å². The lowest BCUT2D eigenvalue weighted by Gasteiger charge is -2.23. The number of hydrogen-bond acceptors (Lipinski definition) is 2. The third-order valence-corrected chi connectivity index (χ3v) is 12.0. The molecule has 0 radical (unpaired) electrons. The van der Waals surface area contributed by atoms with Gasteiger partial charge in [-0.05, 0) is 90.0 Å². The van der Waals surface area contributed by atoms with Gasteiger partial charge in [0.15, 0.2) is 6.17 Å². The van der Waals surface area contributed by atoms with Crippen molar-refractivity contribution in [1.82, 2.24) is 0 Å². The van der Waals surface area contributed by atoms with Gasteiger partial charge in [0.05, 0.1) is 0 Å². The molecule has 1 atom stereocenters. The van der Waals surface area contributed by atoms with Crippen LogP contribution in [0, 0.1) is 0 Å². The number of nitrogens with zero attached hydrogens (tertiary/aromatic N) is 2. The molecule has 0 fully saturated rings. The molecule has 0 bridgehead atoms. The lowest BCUT2D eigenvalue weighted by molar-refractivity contribution is 0.656. The van der Waals surface area contributed by atoms with E-state index in [9.17, 15) is 0 Å². The van der Waals surface area contributed by atoms with Crippen LogP contribution in [-0.2, 0) is 16.2 Å². The number of benzene rings is 6. The van der Waals surface area contributed by atoms with Crippen molar-refractivity contribution in [3.63, 3.8) is 0 Å². The molecule has 2 N–H and O–H groups in total. The summed E-state index contributed by atoms with van der Waals surface area (Å²) in [6.07, 6.45) is 1.46. The second-order valence-electron chi connectivity index (χ2n) is 16.0. The third-order valence-electron chi connectivity index (χ3n) is 12.0. The van der Waals surface area contributed by atoms with Gasteiger partial charge in [0, 0.05) is 28.0 Å². The van der Waals surface area contributed by atoms with E-state index < -0.39 is 6.17 Å². The average Bonchev–Trinajstić information content (AvgIpc) is 3.62. The Bertz CT molecular complexity index is 2470. The van der Waals surface area contributed by atoms with Crippen LogP contribution < -0.4 is 5.73 Å². The zero-order valence-corrected chi connectivity index (χ0v) is 30.3. The second kappa shape index (κ2) is 11.0. The van der Waals surface area contributed by atoms with E-state index in [4.69, 9.17) is 15.7 Å². The summed E-state index contributed by atoms with van der Waals surface area (Å²) < 4.78 is 0. The van der Waals surface area contributed by atoms with Gasteiger partial charge in [-0.3, -0.25) is 4.99 Å². The summed E-state index contributed by atoms with van der Waals surface area (Å²) in [5.41, 5.74) is 25.3. The first-order valence-electron chi connectivity index (χ1n) is 18.1. The molecule has 3 nitrogen and oxygen atoms in total. The first kappa shape index (κ1) is 31.4. The Balaban J connectivity index is 1.13. The van der Waals surface area contributed by atoms with Gasteiger partial charge in [0.1, 0.15) is 5.84 Å². The van der Waals surface area contributed by atoms with Crippen LogP contribution in [0.5, 0.6) is 0 Å². The molecule has 51 heavy (non-hydrogen) atoms. The molecule has 0 aromatic heterocycles. The first-order chi connectivity index (χ1) is 24.5. The summed E-state index contributed by atoms with van der Waals surface area (Å²) in [7, 11) is 0. The van der Waals surface area contributed by atoms with Crippen molar-refractivity contribution in [3.05, 3.63) is 177 Å². The number of nitrogens with two attached hydrogens (primary N) is 1. The lowest BCUT2D eigenvalue weighted by Crippen LogP contribution is -2.19. The standard InChI is InChI=1S/C48H43N3/c1-46(2)38-16-10-7-13-32(38)35-22-19-29(25-41(35)46)28-50-45(31-21-24-37-34-15-9-12-18-40(34)48(5,6)43(37)27-31)51-44(49)30-20-23-36-33-14-8-11-17-39(33)47(3,4)42(36)26-30/h7-28,45H,1-6H3,(H2,49,51). The maximum absolute atomic E-state index is 6.96. The molecular formula is C48H43N3. The molecule has 6 aromatic rings. The molecule has 3 heteroatoms. The number of hydrogen-bond donors (Lipinski definition) is 1. The molecule has 0 aliphatic heterocycles. The summed E-state index contributed by atoms with van der Waals surface area (Å²) in [5, 5.41) is 0. The zero-order chi connectivity index (χ0) is 35.3. The predicted octanol–water partition coefficient (Wildman–Crippen LogP) is 11.1. The molecule has 9 rings (SSSR count). The van der Waals surface area contributed by atoms with Crippen LogP contribution in [0.25, 0.3) is 33.4 Å². The van der Waals surface area contributed by atoms with Crippen LogP contribution in [-0.4, -0.2) is 12.1 Å². The van der Waals surface area contributed by atoms with Gasteiger partial charge in [-0.15, -0.1) is 0 Å². The Hall–Kier alpha value is -5.54. The van der Waals surface area contributed by atoms with E-state index in [0.717, 1.165) is 16.7 Å². The molecular weight excluding hydrogens is 619 g/mol. The molecule has 250 valence electrons. The summed E-state index contributed by atoms with van der Waals surface area (Å²) in [6.45, 7) is 13.8. The van der Waals surface area contributed by atoms with Gasteiger partial charge in [-0.25, -0.2) is 4.99 Å². The smallest absolute Gasteiger partial charge is 0.167 e. The number of aliphatic imine (C=N–C) groups is 2. The highest BCUT2D eigenvalue weighted by Crippen LogP contribution is 2.51. The first-order valence-corrected chi connectivity index (χ1v) is 18.1. The molecule has 1 unspecified atom stereocenters. The van der Waals surface area contributed by atoms with Crippen LogP contribution in [0.4, 0.5) is 0 Å². The molecule has 0 saturated heterocycles. The van der Waals surface area contributed by atoms with Crippen LogP contribution in [0.1, 0.15) is 97.8 Å². The lowest BCUT2D eigenvalue weighted by atomic mass is 9.82. The molecule has 3 aliphatic carbocycles. The summed E-state index contributed by atoms with van der Waals surface area (Å²) in [5.74, 6) is 0.486. The van der Waals surface area contributed by atoms with E-state index >= 15 is 0 Å². The monoisotopic (exact) mass is 661 g/mol. The topological polar surface area (TPSA) is 50.7 Å². The highest BCUT2D eigenvalue weighted by Gasteiger charge is 2.38. The summed E-state index contributed by atoms with van der Waals surface area (Å²) in [4.78, 5) is 10.4. The van der Waals surface area contributed by atoms with Crippen molar-refractivity contribution >= 4 is 12.1 Å². The van der Waals surface area contributed by atoms with Crippen molar-refractivity contribution in [1.29, 1.82) is 0 Å². The quantitative estimate of drug-likeness (QED) is 0.145. The van der Waals surface area contributed by atoms with Gasteiger partial charge in [-0.1, -0.05) is 157 Å². The van der Waals surface area contributed by atoms with Crippen molar-refractivity contribution in [2.24, 2.45) is 15.7 Å². The maximum atomic E-state index is 6.96. The number of amidine groups is 1. The summed E-state index contributed by atoms with van der Waals surface area (Å²) in [6, 6.07) is 46.2. The molecule has 3 aliphatic rings. The fourth-order valence-electron chi connectivity index (χ4n) is 9.11. The zero-order valence-electron chi connectivity index (χ0n) is 30.3. The van der Waals surface area contributed by atoms with E-state index in [1.54, 1.807) is 0 Å². The largest absolute Gasteiger partial charge is 0.383 e. The van der Waals surface area contributed by atoms with Gasteiger partial charge in [-0.2, -0.15) is 0 Å². The number of fused-ring (bicyclic) bond motifs is 9. The predicted molar refractivity (Wildman–Crippen MR) is 213 cm³/mol. The van der Waals surface area contributed by atoms with E-state index in [0.29, 0.717) is 5.84 Å². The van der Waals surface area contributed by atoms with E-state index in [-0.39, 0.29) is 16.2 Å². The minimum absolute atomic E-state index is 0.0840. The Morgan fingerprint density at radius 1 is 0.490 bits per heavy atom. The Morgan fingerprint density at radius 3 is 1.47 bits per heavy atom. The van der Waals surface area contributed by atoms with E-state index in [1.165, 1.54) is 66.8 Å². The highest BCUT2D eigenvalue weighted by molar-refractivity contribution is 5.99. The second-order valence-corrected chi connectivity index (χ2v) is 16.0. The molecule has 0 amide bonds. The van der Waals surface area contributed by atoms with Gasteiger partial charge in [0.25, 0.3) is 0 Å². The minimum Gasteiger partial charge on any atom is -0.383 e. The molecule has 6 aromatic carbocycles. The fraction of sp³-hybridized carbons (Fsp3) is 0.208. The van der Waals surface area contributed by atoms with Crippen LogP contribution >= 0.6 is 0 Å². The normalized spacial score (nSPS) is 17.3.